The van der Waals surface area contributed by atoms with E-state index in [1.807, 2.05) is 13.8 Å². The molecule has 0 saturated heterocycles. The van der Waals surface area contributed by atoms with Gasteiger partial charge in [0.15, 0.2) is 0 Å². The third kappa shape index (κ3) is 8.20. The zero-order valence-electron chi connectivity index (χ0n) is 9.65. The van der Waals surface area contributed by atoms with Gasteiger partial charge in [0.1, 0.15) is 6.61 Å². The van der Waals surface area contributed by atoms with E-state index in [9.17, 15) is 4.79 Å². The van der Waals surface area contributed by atoms with Crippen LogP contribution in [0, 0.1) is 0 Å². The molecule has 0 N–H and O–H groups in total. The highest BCUT2D eigenvalue weighted by Crippen LogP contribution is 1.98. The fraction of sp³-hybridized carbons (Fsp3) is 0.900. The Morgan fingerprint density at radius 2 is 2.00 bits per heavy atom. The lowest BCUT2D eigenvalue weighted by molar-refractivity contribution is -0.0263. The lowest BCUT2D eigenvalue weighted by Gasteiger charge is -2.14. The first kappa shape index (κ1) is 14.2. The van der Waals surface area contributed by atoms with Crippen LogP contribution in [-0.2, 0) is 18.9 Å². The van der Waals surface area contributed by atoms with Gasteiger partial charge in [0.05, 0.1) is 26.4 Å². The van der Waals surface area contributed by atoms with Crippen LogP contribution >= 0.6 is 0 Å². The molecule has 1 unspecified atom stereocenters. The standard InChI is InChI=1S/C10H20O5/c1-4-9(14-5-2)8-13-6-7-15-10(11)12-3/h9H,4-8H2,1-3H3. The van der Waals surface area contributed by atoms with Crippen molar-refractivity contribution in [1.82, 2.24) is 0 Å². The minimum absolute atomic E-state index is 0.119. The van der Waals surface area contributed by atoms with E-state index in [4.69, 9.17) is 9.47 Å². The van der Waals surface area contributed by atoms with Crippen molar-refractivity contribution in [2.75, 3.05) is 33.5 Å². The molecule has 0 aliphatic heterocycles. The molecule has 0 amide bonds. The Hall–Kier alpha value is -0.810. The van der Waals surface area contributed by atoms with Crippen molar-refractivity contribution in [2.45, 2.75) is 26.4 Å². The van der Waals surface area contributed by atoms with E-state index >= 15 is 0 Å². The zero-order valence-corrected chi connectivity index (χ0v) is 9.65. The number of rotatable bonds is 8. The van der Waals surface area contributed by atoms with E-state index in [1.165, 1.54) is 7.11 Å². The van der Waals surface area contributed by atoms with E-state index in [0.29, 0.717) is 19.8 Å². The van der Waals surface area contributed by atoms with Gasteiger partial charge in [-0.15, -0.1) is 0 Å². The van der Waals surface area contributed by atoms with E-state index in [2.05, 4.69) is 9.47 Å². The number of carbonyl (C=O) groups is 1. The van der Waals surface area contributed by atoms with Gasteiger partial charge in [0, 0.05) is 6.61 Å². The Balaban J connectivity index is 3.32. The summed E-state index contributed by atoms with van der Waals surface area (Å²) in [6, 6.07) is 0. The summed E-state index contributed by atoms with van der Waals surface area (Å²) in [7, 11) is 1.27. The number of ether oxygens (including phenoxy) is 4. The molecular weight excluding hydrogens is 200 g/mol. The van der Waals surface area contributed by atoms with Crippen molar-refractivity contribution < 1.29 is 23.7 Å². The fourth-order valence-electron chi connectivity index (χ4n) is 0.977. The highest BCUT2D eigenvalue weighted by Gasteiger charge is 2.05. The molecule has 0 aliphatic carbocycles. The van der Waals surface area contributed by atoms with Gasteiger partial charge in [-0.3, -0.25) is 0 Å². The summed E-state index contributed by atoms with van der Waals surface area (Å²) in [6.45, 7) is 5.75. The van der Waals surface area contributed by atoms with Crippen molar-refractivity contribution in [3.63, 3.8) is 0 Å². The minimum atomic E-state index is -0.685. The van der Waals surface area contributed by atoms with E-state index in [0.717, 1.165) is 6.42 Å². The Morgan fingerprint density at radius 1 is 1.27 bits per heavy atom. The smallest absolute Gasteiger partial charge is 0.438 e. The summed E-state index contributed by atoms with van der Waals surface area (Å²) in [5.41, 5.74) is 0. The quantitative estimate of drug-likeness (QED) is 0.459. The molecule has 5 heteroatoms. The minimum Gasteiger partial charge on any atom is -0.438 e. The second-order valence-corrected chi connectivity index (χ2v) is 2.86. The number of carbonyl (C=O) groups excluding carboxylic acids is 1. The topological polar surface area (TPSA) is 54.0 Å². The Bertz CT molecular complexity index is 160. The summed E-state index contributed by atoms with van der Waals surface area (Å²) >= 11 is 0. The zero-order chi connectivity index (χ0) is 11.5. The van der Waals surface area contributed by atoms with Crippen LogP contribution in [0.2, 0.25) is 0 Å². The van der Waals surface area contributed by atoms with Crippen LogP contribution in [0.25, 0.3) is 0 Å². The van der Waals surface area contributed by atoms with E-state index in [1.54, 1.807) is 0 Å². The van der Waals surface area contributed by atoms with Gasteiger partial charge in [-0.05, 0) is 13.3 Å². The maximum Gasteiger partial charge on any atom is 0.508 e. The third-order valence-corrected chi connectivity index (χ3v) is 1.78. The number of hydrogen-bond donors (Lipinski definition) is 0. The molecule has 0 fully saturated rings. The van der Waals surface area contributed by atoms with Crippen molar-refractivity contribution in [3.8, 4) is 0 Å². The molecule has 90 valence electrons. The second kappa shape index (κ2) is 9.73. The molecule has 1 atom stereocenters. The van der Waals surface area contributed by atoms with E-state index in [-0.39, 0.29) is 12.7 Å². The molecule has 0 aliphatic rings. The van der Waals surface area contributed by atoms with Crippen LogP contribution < -0.4 is 0 Å². The largest absolute Gasteiger partial charge is 0.508 e. The maximum absolute atomic E-state index is 10.5. The summed E-state index contributed by atoms with van der Waals surface area (Å²) in [5, 5.41) is 0. The summed E-state index contributed by atoms with van der Waals surface area (Å²) < 4.78 is 19.6. The van der Waals surface area contributed by atoms with Gasteiger partial charge in [-0.25, -0.2) is 4.79 Å². The lowest BCUT2D eigenvalue weighted by atomic mass is 10.3. The van der Waals surface area contributed by atoms with Crippen LogP contribution in [-0.4, -0.2) is 45.8 Å². The average Bonchev–Trinajstić information content (AvgIpc) is 2.26. The summed E-state index contributed by atoms with van der Waals surface area (Å²) in [4.78, 5) is 10.5. The van der Waals surface area contributed by atoms with Crippen molar-refractivity contribution >= 4 is 6.16 Å². The predicted molar refractivity (Wildman–Crippen MR) is 54.9 cm³/mol. The van der Waals surface area contributed by atoms with E-state index < -0.39 is 6.16 Å². The number of hydrogen-bond acceptors (Lipinski definition) is 5. The molecular formula is C10H20O5. The Morgan fingerprint density at radius 3 is 2.53 bits per heavy atom. The molecule has 0 spiro atoms. The van der Waals surface area contributed by atoms with Gasteiger partial charge in [-0.1, -0.05) is 6.92 Å². The molecule has 0 rings (SSSR count). The van der Waals surface area contributed by atoms with Gasteiger partial charge >= 0.3 is 6.16 Å². The highest BCUT2D eigenvalue weighted by molar-refractivity contribution is 5.59. The van der Waals surface area contributed by atoms with Crippen LogP contribution in [0.15, 0.2) is 0 Å². The molecule has 15 heavy (non-hydrogen) atoms. The van der Waals surface area contributed by atoms with Gasteiger partial charge < -0.3 is 18.9 Å². The molecule has 0 aromatic rings. The monoisotopic (exact) mass is 220 g/mol. The van der Waals surface area contributed by atoms with Gasteiger partial charge in [0.2, 0.25) is 0 Å². The van der Waals surface area contributed by atoms with Crippen molar-refractivity contribution in [3.05, 3.63) is 0 Å². The van der Waals surface area contributed by atoms with Crippen molar-refractivity contribution in [2.24, 2.45) is 0 Å². The Kier molecular flexibility index (Phi) is 9.21. The van der Waals surface area contributed by atoms with Crippen LogP contribution in [0.4, 0.5) is 4.79 Å². The van der Waals surface area contributed by atoms with Crippen LogP contribution in [0.3, 0.4) is 0 Å². The fourth-order valence-corrected chi connectivity index (χ4v) is 0.977. The second-order valence-electron chi connectivity index (χ2n) is 2.86. The normalized spacial score (nSPS) is 12.2. The predicted octanol–water partition coefficient (Wildman–Crippen LogP) is 1.60. The molecule has 0 saturated carbocycles. The molecule has 0 bridgehead atoms. The maximum atomic E-state index is 10.5. The Labute approximate surface area is 90.6 Å². The van der Waals surface area contributed by atoms with Crippen LogP contribution in [0.5, 0.6) is 0 Å². The molecule has 0 aromatic carbocycles. The first-order valence-corrected chi connectivity index (χ1v) is 5.14. The summed E-state index contributed by atoms with van der Waals surface area (Å²) in [5.74, 6) is 0. The molecule has 5 nitrogen and oxygen atoms in total. The van der Waals surface area contributed by atoms with Crippen molar-refractivity contribution in [1.29, 1.82) is 0 Å². The SMILES string of the molecule is CCOC(CC)COCCOC(=O)OC. The van der Waals surface area contributed by atoms with Crippen LogP contribution in [0.1, 0.15) is 20.3 Å². The van der Waals surface area contributed by atoms with Gasteiger partial charge in [-0.2, -0.15) is 0 Å². The van der Waals surface area contributed by atoms with Gasteiger partial charge in [0.25, 0.3) is 0 Å². The number of methoxy groups -OCH3 is 1. The first-order chi connectivity index (χ1) is 7.24. The first-order valence-electron chi connectivity index (χ1n) is 5.14. The molecule has 0 radical (unpaired) electrons. The molecule has 0 aromatic heterocycles. The highest BCUT2D eigenvalue weighted by atomic mass is 16.7. The average molecular weight is 220 g/mol. The molecule has 0 heterocycles. The lowest BCUT2D eigenvalue weighted by Crippen LogP contribution is -2.21. The summed E-state index contributed by atoms with van der Waals surface area (Å²) in [6.07, 6.45) is 0.342. The third-order valence-electron chi connectivity index (χ3n) is 1.78.